The summed E-state index contributed by atoms with van der Waals surface area (Å²) in [4.78, 5) is 49.2. The normalized spacial score (nSPS) is 14.8. The maximum absolute atomic E-state index is 13.7. The third kappa shape index (κ3) is 9.28. The van der Waals surface area contributed by atoms with Crippen LogP contribution in [0.3, 0.4) is 0 Å². The Morgan fingerprint density at radius 1 is 0.961 bits per heavy atom. The van der Waals surface area contributed by atoms with E-state index in [-0.39, 0.29) is 42.6 Å². The van der Waals surface area contributed by atoms with Gasteiger partial charge in [-0.3, -0.25) is 18.7 Å². The van der Waals surface area contributed by atoms with E-state index < -0.39 is 0 Å². The molecule has 5 rings (SSSR count). The minimum atomic E-state index is -0.253. The lowest BCUT2D eigenvalue weighted by Gasteiger charge is -2.34. The molecular weight excluding hydrogens is 734 g/mol. The first-order chi connectivity index (χ1) is 24.5. The van der Waals surface area contributed by atoms with Crippen LogP contribution < -0.4 is 11.0 Å². The van der Waals surface area contributed by atoms with Gasteiger partial charge in [-0.05, 0) is 87.7 Å². The number of hydrogen-bond acceptors (Lipinski definition) is 6. The van der Waals surface area contributed by atoms with E-state index in [0.29, 0.717) is 50.9 Å². The zero-order chi connectivity index (χ0) is 36.7. The third-order valence-electron chi connectivity index (χ3n) is 9.29. The van der Waals surface area contributed by atoms with Crippen LogP contribution in [0.2, 0.25) is 20.1 Å². The summed E-state index contributed by atoms with van der Waals surface area (Å²) < 4.78 is 3.42. The molecule has 272 valence electrons. The number of oxime groups is 1. The molecule has 0 saturated carbocycles. The van der Waals surface area contributed by atoms with Crippen molar-refractivity contribution in [3.63, 3.8) is 0 Å². The summed E-state index contributed by atoms with van der Waals surface area (Å²) in [5, 5.41) is 8.86. The lowest BCUT2D eigenvalue weighted by atomic mass is 9.89. The highest BCUT2D eigenvalue weighted by atomic mass is 35.5. The summed E-state index contributed by atoms with van der Waals surface area (Å²) in [6, 6.07) is 17.9. The fourth-order valence-corrected chi connectivity index (χ4v) is 7.64. The molecule has 1 N–H and O–H groups in total. The van der Waals surface area contributed by atoms with Gasteiger partial charge in [0.1, 0.15) is 13.7 Å². The van der Waals surface area contributed by atoms with Crippen LogP contribution in [0.15, 0.2) is 70.6 Å². The monoisotopic (exact) mass is 774 g/mol. The number of carbonyl (C=O) groups is 2. The molecule has 1 atom stereocenters. The Morgan fingerprint density at radius 2 is 1.65 bits per heavy atom. The van der Waals surface area contributed by atoms with E-state index in [1.807, 2.05) is 54.8 Å². The van der Waals surface area contributed by atoms with Crippen LogP contribution in [0, 0.1) is 0 Å². The van der Waals surface area contributed by atoms with E-state index in [9.17, 15) is 14.4 Å². The average molecular weight is 777 g/mol. The van der Waals surface area contributed by atoms with Crippen molar-refractivity contribution in [1.29, 1.82) is 0 Å². The maximum Gasteiger partial charge on any atom is 0.329 e. The molecule has 1 aliphatic heterocycles. The van der Waals surface area contributed by atoms with Gasteiger partial charge >= 0.3 is 5.69 Å². The number of aromatic nitrogens is 2. The molecule has 51 heavy (non-hydrogen) atoms. The second kappa shape index (κ2) is 17.8. The molecule has 3 aromatic carbocycles. The summed E-state index contributed by atoms with van der Waals surface area (Å²) in [5.41, 5.74) is 3.35. The summed E-state index contributed by atoms with van der Waals surface area (Å²) >= 11 is 25.2. The molecule has 2 heterocycles. The van der Waals surface area contributed by atoms with Gasteiger partial charge in [-0.15, -0.1) is 0 Å². The number of carbonyl (C=O) groups excluding carboxylic acids is 2. The molecule has 1 aliphatic rings. The van der Waals surface area contributed by atoms with E-state index in [0.717, 1.165) is 49.1 Å². The van der Waals surface area contributed by atoms with Gasteiger partial charge in [0.15, 0.2) is 0 Å². The highest BCUT2D eigenvalue weighted by Gasteiger charge is 2.29. The molecule has 1 aromatic heterocycles. The zero-order valence-electron chi connectivity index (χ0n) is 28.9. The van der Waals surface area contributed by atoms with Gasteiger partial charge in [0.25, 0.3) is 5.91 Å². The Hall–Kier alpha value is -3.54. The van der Waals surface area contributed by atoms with Gasteiger partial charge in [-0.2, -0.15) is 0 Å². The van der Waals surface area contributed by atoms with Crippen LogP contribution in [0.4, 0.5) is 0 Å². The predicted molar refractivity (Wildman–Crippen MR) is 206 cm³/mol. The van der Waals surface area contributed by atoms with Gasteiger partial charge in [-0.25, -0.2) is 4.79 Å². The first kappa shape index (κ1) is 38.7. The number of nitrogens with zero attached hydrogens (tertiary/aromatic N) is 5. The first-order valence-electron chi connectivity index (χ1n) is 17.0. The number of benzene rings is 3. The standard InChI is InChI=1S/C37H42Cl4N6O4/c1-4-42-35(48)23-46-33-8-6-7-9-34(33)47(37(46)50)28-12-15-44(16-13-28)17-14-29(24-10-11-30(40)31(41)20-24)32(43-51-3)22-45(5-2)36(49)25-18-26(38)21-27(39)19-25/h6-11,18-21,28-29H,4-5,12-17,22-23H2,1-3H3,(H,42,48)/b43-32-/t29-/m1/s1. The molecule has 4 aromatic rings. The second-order valence-corrected chi connectivity index (χ2v) is 14.2. The van der Waals surface area contributed by atoms with Crippen LogP contribution in [-0.4, -0.2) is 82.8 Å². The number of piperidine rings is 1. The smallest absolute Gasteiger partial charge is 0.329 e. The molecule has 14 heteroatoms. The molecule has 10 nitrogen and oxygen atoms in total. The summed E-state index contributed by atoms with van der Waals surface area (Å²) in [7, 11) is 1.49. The van der Waals surface area contributed by atoms with Crippen LogP contribution in [0.5, 0.6) is 0 Å². The Kier molecular flexibility index (Phi) is 13.5. The highest BCUT2D eigenvalue weighted by Crippen LogP contribution is 2.32. The van der Waals surface area contributed by atoms with Crippen molar-refractivity contribution in [3.8, 4) is 0 Å². The molecular formula is C37H42Cl4N6O4. The summed E-state index contributed by atoms with van der Waals surface area (Å²) in [6.45, 7) is 7.11. The van der Waals surface area contributed by atoms with Crippen molar-refractivity contribution in [2.45, 2.75) is 51.6 Å². The molecule has 0 unspecified atom stereocenters. The van der Waals surface area contributed by atoms with Gasteiger partial charge in [-0.1, -0.05) is 69.8 Å². The van der Waals surface area contributed by atoms with E-state index in [2.05, 4.69) is 15.4 Å². The first-order valence-corrected chi connectivity index (χ1v) is 18.5. The fourth-order valence-electron chi connectivity index (χ4n) is 6.80. The number of fused-ring (bicyclic) bond motifs is 1. The number of likely N-dealkylation sites (tertiary alicyclic amines) is 1. The van der Waals surface area contributed by atoms with E-state index in [1.54, 1.807) is 33.7 Å². The summed E-state index contributed by atoms with van der Waals surface area (Å²) in [5.74, 6) is -0.675. The fraction of sp³-hybridized carbons (Fsp3) is 0.405. The van der Waals surface area contributed by atoms with Gasteiger partial charge in [0.2, 0.25) is 5.91 Å². The lowest BCUT2D eigenvalue weighted by molar-refractivity contribution is -0.121. The zero-order valence-corrected chi connectivity index (χ0v) is 31.9. The van der Waals surface area contributed by atoms with Crippen LogP contribution in [0.1, 0.15) is 61.0 Å². The molecule has 1 saturated heterocycles. The van der Waals surface area contributed by atoms with Crippen LogP contribution >= 0.6 is 46.4 Å². The average Bonchev–Trinajstić information content (AvgIpc) is 3.38. The SMILES string of the molecule is CCNC(=O)Cn1c(=O)n(C2CCN(CC[C@@H](/C(CN(CC)C(=O)c3cc(Cl)cc(Cl)c3)=N\OC)c3ccc(Cl)c(Cl)c3)CC2)c2ccccc21. The van der Waals surface area contributed by atoms with Crippen molar-refractivity contribution >= 4 is 75.0 Å². The van der Waals surface area contributed by atoms with Crippen molar-refractivity contribution in [2.24, 2.45) is 5.16 Å². The topological polar surface area (TPSA) is 101 Å². The van der Waals surface area contributed by atoms with Crippen molar-refractivity contribution in [1.82, 2.24) is 24.3 Å². The molecule has 0 spiro atoms. The number of nitrogens with one attached hydrogen (secondary N) is 1. The number of hydrogen-bond donors (Lipinski definition) is 1. The number of amides is 2. The Labute approximate surface area is 317 Å². The number of imidazole rings is 1. The molecule has 2 amide bonds. The van der Waals surface area contributed by atoms with Crippen molar-refractivity contribution < 1.29 is 14.4 Å². The molecule has 0 bridgehead atoms. The lowest BCUT2D eigenvalue weighted by Crippen LogP contribution is -2.40. The van der Waals surface area contributed by atoms with Gasteiger partial charge < -0.3 is 20.0 Å². The second-order valence-electron chi connectivity index (χ2n) is 12.5. The van der Waals surface area contributed by atoms with Crippen LogP contribution in [-0.2, 0) is 16.2 Å². The minimum Gasteiger partial charge on any atom is -0.399 e. The Bertz CT molecular complexity index is 1930. The Balaban J connectivity index is 1.34. The largest absolute Gasteiger partial charge is 0.399 e. The number of para-hydroxylation sites is 2. The van der Waals surface area contributed by atoms with E-state index >= 15 is 0 Å². The summed E-state index contributed by atoms with van der Waals surface area (Å²) in [6.07, 6.45) is 2.20. The van der Waals surface area contributed by atoms with E-state index in [1.165, 1.54) is 7.11 Å². The molecule has 1 fully saturated rings. The minimum absolute atomic E-state index is 0.00487. The number of rotatable bonds is 14. The van der Waals surface area contributed by atoms with Gasteiger partial charge in [0.05, 0.1) is 33.3 Å². The quantitative estimate of drug-likeness (QED) is 0.106. The highest BCUT2D eigenvalue weighted by molar-refractivity contribution is 6.42. The molecule has 0 radical (unpaired) electrons. The third-order valence-corrected chi connectivity index (χ3v) is 10.5. The Morgan fingerprint density at radius 3 is 2.27 bits per heavy atom. The number of likely N-dealkylation sites (N-methyl/N-ethyl adjacent to an activating group) is 1. The molecule has 0 aliphatic carbocycles. The van der Waals surface area contributed by atoms with Gasteiger partial charge in [0, 0.05) is 53.7 Å². The van der Waals surface area contributed by atoms with Crippen molar-refractivity contribution in [3.05, 3.63) is 102 Å². The van der Waals surface area contributed by atoms with Crippen molar-refractivity contribution in [2.75, 3.05) is 46.4 Å². The maximum atomic E-state index is 13.7. The number of halogens is 4. The van der Waals surface area contributed by atoms with E-state index in [4.69, 9.17) is 51.2 Å². The predicted octanol–water partition coefficient (Wildman–Crippen LogP) is 7.53. The van der Waals surface area contributed by atoms with Crippen LogP contribution in [0.25, 0.3) is 11.0 Å².